The Kier molecular flexibility index (Phi) is 18.4. The molecule has 1 fully saturated rings. The quantitative estimate of drug-likeness (QED) is 0.0143. The van der Waals surface area contributed by atoms with E-state index in [4.69, 9.17) is 28.3 Å². The number of aliphatic hydroxyl groups excluding tert-OH is 2. The molecule has 3 aromatic rings. The van der Waals surface area contributed by atoms with E-state index >= 15 is 4.79 Å². The number of carbonyl (C=O) groups excluding carboxylic acids is 6. The average Bonchev–Trinajstić information content (AvgIpc) is 3.78. The van der Waals surface area contributed by atoms with Crippen molar-refractivity contribution in [3.8, 4) is 34.5 Å². The van der Waals surface area contributed by atoms with Gasteiger partial charge in [0.25, 0.3) is 11.7 Å². The summed E-state index contributed by atoms with van der Waals surface area (Å²) in [6.07, 6.45) is 7.04. The maximum absolute atomic E-state index is 15.0. The number of aliphatic hydroxyl groups is 2. The van der Waals surface area contributed by atoms with Crippen molar-refractivity contribution in [3.05, 3.63) is 99.5 Å². The van der Waals surface area contributed by atoms with Gasteiger partial charge in [0.15, 0.2) is 17.1 Å². The van der Waals surface area contributed by atoms with Crippen molar-refractivity contribution in [1.29, 1.82) is 0 Å². The van der Waals surface area contributed by atoms with E-state index in [2.05, 4.69) is 10.2 Å². The van der Waals surface area contributed by atoms with Crippen molar-refractivity contribution in [2.45, 2.75) is 106 Å². The molecule has 20 heteroatoms. The van der Waals surface area contributed by atoms with Crippen molar-refractivity contribution >= 4 is 69.3 Å². The van der Waals surface area contributed by atoms with Gasteiger partial charge in [-0.1, -0.05) is 52.8 Å². The molecular weight excluding hydrogens is 1060 g/mol. The van der Waals surface area contributed by atoms with Crippen LogP contribution in [-0.4, -0.2) is 130 Å². The van der Waals surface area contributed by atoms with E-state index in [1.807, 2.05) is 18.7 Å². The third-order valence-electron chi connectivity index (χ3n) is 16.4. The Morgan fingerprint density at radius 2 is 1.60 bits per heavy atom. The number of ketones is 2. The molecule has 5 heterocycles. The van der Waals surface area contributed by atoms with Crippen LogP contribution in [0.25, 0.3) is 33.3 Å². The van der Waals surface area contributed by atoms with E-state index < -0.39 is 94.1 Å². The molecule has 82 heavy (non-hydrogen) atoms. The van der Waals surface area contributed by atoms with Gasteiger partial charge in [-0.25, -0.2) is 4.98 Å². The smallest absolute Gasteiger partial charge is 0.312 e. The number of esters is 1. The van der Waals surface area contributed by atoms with Crippen LogP contribution in [0, 0.1) is 42.4 Å². The molecule has 3 aromatic carbocycles. The summed E-state index contributed by atoms with van der Waals surface area (Å²) in [5.74, 6) is -8.24. The molecule has 9 rings (SSSR count). The molecule has 0 saturated carbocycles. The Morgan fingerprint density at radius 1 is 0.902 bits per heavy atom. The number of amides is 1. The number of nitrogens with zero attached hydrogens (tertiary/aromatic N) is 3. The second kappa shape index (κ2) is 25.1. The fourth-order valence-electron chi connectivity index (χ4n) is 11.0. The number of nitrogens with one attached hydrogen (secondary N) is 1. The van der Waals surface area contributed by atoms with Gasteiger partial charge in [0.1, 0.15) is 58.6 Å². The number of Topliss-reactive ketones (excluding diaryl/α,β-unsaturated/α-hetero) is 2. The van der Waals surface area contributed by atoms with Crippen molar-refractivity contribution in [2.24, 2.45) is 35.5 Å². The minimum absolute atomic E-state index is 0.0162. The van der Waals surface area contributed by atoms with Crippen molar-refractivity contribution in [3.63, 3.8) is 0 Å². The molecule has 5 N–H and O–H groups in total. The van der Waals surface area contributed by atoms with Gasteiger partial charge in [-0.05, 0) is 68.9 Å². The number of phenols is 2. The molecule has 0 spiro atoms. The number of aromatic hydroxyl groups is 2. The molecule has 5 bridgehead atoms. The number of allylic oxidation sites excluding steroid dienone is 3. The summed E-state index contributed by atoms with van der Waals surface area (Å²) in [5.41, 5.74) is -0.501. The Hall–Kier alpha value is -7.94. The highest BCUT2D eigenvalue weighted by molar-refractivity contribution is 6.22. The fourth-order valence-corrected chi connectivity index (χ4v) is 11.0. The Labute approximate surface area is 474 Å². The van der Waals surface area contributed by atoms with Gasteiger partial charge in [-0.2, -0.15) is 0 Å². The number of benzene rings is 4. The Morgan fingerprint density at radius 3 is 2.27 bits per heavy atom. The minimum atomic E-state index is -2.07. The standard InChI is InChI=1S/C62H72N4O16/c1-32-20-27-79-62(9)60(76)49-47-48(55(74)38(7)58(49)82-62)56(75)52(64-61(77)34(3)13-10-12-33(2)53(72)36(5)54(73)37(6)57(35(32)4)80-39(8)69)59-51(47)63-50-45(71)28-42(29-46(50)81-59)66-24-22-65(23-25-66)21-19-44(70)41-15-17-43(18-16-41)78-26-11-14-40(30-67)31-68/h10,12-13,15-18,20,27-33,35-37,40,53-54,57,71-74H,11,14,19,21-26H2,1-9H3,(H,64,77)/b12-10+,27-20+,34-13-/t32-,33-,35+,36+,37+,53-,54+,57+,62-/m0/s1. The maximum atomic E-state index is 15.0. The van der Waals surface area contributed by atoms with E-state index in [9.17, 15) is 49.2 Å². The first kappa shape index (κ1) is 60.2. The lowest BCUT2D eigenvalue weighted by Crippen LogP contribution is -2.46. The number of hydrogen-bond donors (Lipinski definition) is 5. The number of piperazine rings is 1. The molecule has 1 aliphatic carbocycles. The number of rotatable bonds is 13. The molecular formula is C62H72N4O16. The van der Waals surface area contributed by atoms with Crippen LogP contribution in [0.5, 0.6) is 23.0 Å². The summed E-state index contributed by atoms with van der Waals surface area (Å²) in [5, 5.41) is 49.0. The molecule has 436 valence electrons. The molecule has 6 aliphatic rings. The summed E-state index contributed by atoms with van der Waals surface area (Å²) in [4.78, 5) is 101. The van der Waals surface area contributed by atoms with Crippen LogP contribution in [0.2, 0.25) is 0 Å². The van der Waals surface area contributed by atoms with Crippen molar-refractivity contribution in [2.75, 3.05) is 49.5 Å². The first-order chi connectivity index (χ1) is 39.0. The zero-order chi connectivity index (χ0) is 59.5. The van der Waals surface area contributed by atoms with E-state index in [1.54, 1.807) is 69.3 Å². The van der Waals surface area contributed by atoms with Crippen LogP contribution in [0.3, 0.4) is 0 Å². The molecule has 5 aliphatic heterocycles. The Balaban J connectivity index is 1.12. The number of carbonyl (C=O) groups is 6. The largest absolute Gasteiger partial charge is 0.507 e. The van der Waals surface area contributed by atoms with Gasteiger partial charge in [-0.3, -0.25) is 28.9 Å². The molecule has 9 atom stereocenters. The van der Waals surface area contributed by atoms with Gasteiger partial charge in [0.05, 0.1) is 41.9 Å². The molecule has 0 radical (unpaired) electrons. The summed E-state index contributed by atoms with van der Waals surface area (Å²) in [6, 6.07) is 9.99. The highest BCUT2D eigenvalue weighted by Gasteiger charge is 2.50. The molecule has 0 unspecified atom stereocenters. The highest BCUT2D eigenvalue weighted by atomic mass is 16.7. The second-order valence-corrected chi connectivity index (χ2v) is 22.2. The van der Waals surface area contributed by atoms with Crippen molar-refractivity contribution < 1.29 is 72.6 Å². The third-order valence-corrected chi connectivity index (χ3v) is 16.4. The topological polar surface area (TPSA) is 282 Å². The van der Waals surface area contributed by atoms with Crippen LogP contribution in [0.1, 0.15) is 101 Å². The lowest BCUT2D eigenvalue weighted by atomic mass is 9.77. The molecule has 1 amide bonds. The van der Waals surface area contributed by atoms with Crippen molar-refractivity contribution in [1.82, 2.24) is 9.88 Å². The minimum Gasteiger partial charge on any atom is -0.507 e. The maximum Gasteiger partial charge on any atom is 0.312 e. The third kappa shape index (κ3) is 12.3. The number of ether oxygens (including phenoxy) is 4. The zero-order valence-electron chi connectivity index (χ0n) is 47.6. The SMILES string of the molecule is CC(=O)O[C@H]1[C@H](C)[C@H](O)[C@H](C)[C@@H](O)[C@@H](C)/C=C/C=C(/C)C(=O)Nc2c3oc4cc(N5CCN(CCC(=O)c6ccc(OCCCC(C=O)C=O)cc6)CC5)cc(O)c4nc-3c3c4c(c(C)c(O)c3c2=O)O[C@](C)(O/C=C/[C@H](C)[C@H]1C)C4=O. The highest BCUT2D eigenvalue weighted by Crippen LogP contribution is 2.51. The summed E-state index contributed by atoms with van der Waals surface area (Å²) in [7, 11) is 0. The Bertz CT molecular complexity index is 3390. The number of aldehydes is 2. The van der Waals surface area contributed by atoms with Gasteiger partial charge >= 0.3 is 11.8 Å². The predicted molar refractivity (Wildman–Crippen MR) is 305 cm³/mol. The summed E-state index contributed by atoms with van der Waals surface area (Å²) < 4.78 is 30.5. The first-order valence-electron chi connectivity index (χ1n) is 27.7. The zero-order valence-corrected chi connectivity index (χ0v) is 47.6. The fraction of sp³-hybridized carbons (Fsp3) is 0.452. The van der Waals surface area contributed by atoms with E-state index in [0.29, 0.717) is 81.7 Å². The van der Waals surface area contributed by atoms with Crippen LogP contribution < -0.4 is 25.1 Å². The summed E-state index contributed by atoms with van der Waals surface area (Å²) >= 11 is 0. The predicted octanol–water partition coefficient (Wildman–Crippen LogP) is 7.84. The molecule has 1 saturated heterocycles. The van der Waals surface area contributed by atoms with Crippen LogP contribution in [0.4, 0.5) is 11.4 Å². The van der Waals surface area contributed by atoms with E-state index in [1.165, 1.54) is 46.1 Å². The van der Waals surface area contributed by atoms with E-state index in [-0.39, 0.29) is 73.7 Å². The van der Waals surface area contributed by atoms with Crippen LogP contribution >= 0.6 is 0 Å². The van der Waals surface area contributed by atoms with Gasteiger partial charge in [-0.15, -0.1) is 0 Å². The lowest BCUT2D eigenvalue weighted by Gasteiger charge is -2.37. The first-order valence-corrected chi connectivity index (χ1v) is 27.7. The van der Waals surface area contributed by atoms with Gasteiger partial charge in [0, 0.05) is 111 Å². The van der Waals surface area contributed by atoms with Gasteiger partial charge in [0.2, 0.25) is 5.43 Å². The van der Waals surface area contributed by atoms with Gasteiger partial charge < -0.3 is 63.6 Å². The molecule has 20 nitrogen and oxygen atoms in total. The number of hydrogen-bond acceptors (Lipinski definition) is 19. The monoisotopic (exact) mass is 1130 g/mol. The summed E-state index contributed by atoms with van der Waals surface area (Å²) in [6.45, 7) is 17.4. The molecule has 0 aromatic heterocycles. The lowest BCUT2D eigenvalue weighted by molar-refractivity contribution is -0.158. The second-order valence-electron chi connectivity index (χ2n) is 22.2. The van der Waals surface area contributed by atoms with Crippen LogP contribution in [-0.2, 0) is 28.7 Å². The average molecular weight is 1130 g/mol. The van der Waals surface area contributed by atoms with Crippen LogP contribution in [0.15, 0.2) is 81.7 Å². The number of fused-ring (bicyclic) bond motifs is 14. The number of aromatic nitrogens is 1. The number of anilines is 2. The number of phenolic OH excluding ortho intramolecular Hbond substituents is 2. The van der Waals surface area contributed by atoms with E-state index in [0.717, 1.165) is 0 Å². The normalized spacial score (nSPS) is 26.2.